The third kappa shape index (κ3) is 5.23. The molecule has 2 aliphatic carbocycles. The van der Waals surface area contributed by atoms with E-state index in [1.54, 1.807) is 0 Å². The zero-order chi connectivity index (χ0) is 37.8. The van der Waals surface area contributed by atoms with Gasteiger partial charge in [-0.2, -0.15) is 0 Å². The van der Waals surface area contributed by atoms with Crippen LogP contribution in [0.2, 0.25) is 0 Å². The van der Waals surface area contributed by atoms with Crippen molar-refractivity contribution in [2.24, 2.45) is 0 Å². The van der Waals surface area contributed by atoms with Crippen molar-refractivity contribution in [1.82, 2.24) is 9.55 Å². The molecule has 2 aromatic heterocycles. The van der Waals surface area contributed by atoms with Gasteiger partial charge in [0.05, 0.1) is 22.0 Å². The van der Waals surface area contributed by atoms with Crippen LogP contribution in [0.25, 0.3) is 49.9 Å². The molecule has 0 N–H and O–H groups in total. The molecule has 9 aromatic rings. The highest BCUT2D eigenvalue weighted by Gasteiger charge is 2.46. The number of hydrogen-bond donors (Lipinski definition) is 0. The maximum Gasteiger partial charge on any atom is 0.0963 e. The Labute approximate surface area is 333 Å². The highest BCUT2D eigenvalue weighted by atomic mass is 15.1. The van der Waals surface area contributed by atoms with Crippen molar-refractivity contribution in [3.8, 4) is 27.9 Å². The third-order valence-corrected chi connectivity index (χ3v) is 12.0. The fraction of sp³-hybridized carbons (Fsp3) is 0.0556. The number of allylic oxidation sites excluding steroid dienone is 4. The number of aromatic nitrogens is 2. The van der Waals surface area contributed by atoms with Gasteiger partial charge >= 0.3 is 0 Å². The Morgan fingerprint density at radius 2 is 1.16 bits per heavy atom. The average molecular weight is 730 g/mol. The second-order valence-corrected chi connectivity index (χ2v) is 15.0. The van der Waals surface area contributed by atoms with Gasteiger partial charge in [-0.25, -0.2) is 0 Å². The van der Waals surface area contributed by atoms with Crippen LogP contribution in [0, 0.1) is 0 Å². The molecule has 11 rings (SSSR count). The molecule has 0 bridgehead atoms. The maximum absolute atomic E-state index is 4.72. The number of hydrogen-bond acceptors (Lipinski definition) is 2. The van der Waals surface area contributed by atoms with Gasteiger partial charge in [-0.1, -0.05) is 146 Å². The zero-order valence-electron chi connectivity index (χ0n) is 31.5. The molecule has 3 nitrogen and oxygen atoms in total. The van der Waals surface area contributed by atoms with Crippen LogP contribution in [0.3, 0.4) is 0 Å². The molecule has 270 valence electrons. The summed E-state index contributed by atoms with van der Waals surface area (Å²) in [4.78, 5) is 7.18. The molecule has 0 spiro atoms. The average Bonchev–Trinajstić information content (AvgIpc) is 3.79. The Bertz CT molecular complexity index is 2900. The predicted octanol–water partition coefficient (Wildman–Crippen LogP) is 13.6. The van der Waals surface area contributed by atoms with E-state index in [0.29, 0.717) is 0 Å². The number of pyridine rings is 1. The molecule has 0 amide bonds. The highest BCUT2D eigenvalue weighted by Crippen LogP contribution is 2.57. The van der Waals surface area contributed by atoms with Crippen LogP contribution >= 0.6 is 0 Å². The van der Waals surface area contributed by atoms with Crippen molar-refractivity contribution in [3.63, 3.8) is 0 Å². The van der Waals surface area contributed by atoms with E-state index in [9.17, 15) is 0 Å². The first-order valence-corrected chi connectivity index (χ1v) is 19.9. The largest absolute Gasteiger partial charge is 0.314 e. The van der Waals surface area contributed by atoms with Crippen LogP contribution in [0.4, 0.5) is 11.4 Å². The molecule has 2 aliphatic rings. The van der Waals surface area contributed by atoms with E-state index in [-0.39, 0.29) is 0 Å². The van der Waals surface area contributed by atoms with Crippen LogP contribution in [-0.4, -0.2) is 9.55 Å². The van der Waals surface area contributed by atoms with E-state index in [0.717, 1.165) is 40.8 Å². The van der Waals surface area contributed by atoms with Crippen LogP contribution < -0.4 is 4.90 Å². The first kappa shape index (κ1) is 33.1. The lowest BCUT2D eigenvalue weighted by molar-refractivity contribution is 0.768. The molecule has 0 saturated heterocycles. The summed E-state index contributed by atoms with van der Waals surface area (Å²) in [5.41, 5.74) is 17.8. The van der Waals surface area contributed by atoms with E-state index < -0.39 is 5.41 Å². The number of anilines is 2. The van der Waals surface area contributed by atoms with E-state index >= 15 is 0 Å². The van der Waals surface area contributed by atoms with Gasteiger partial charge in [0, 0.05) is 34.3 Å². The van der Waals surface area contributed by atoms with Gasteiger partial charge in [-0.05, 0) is 118 Å². The molecular weight excluding hydrogens is 691 g/mol. The van der Waals surface area contributed by atoms with Gasteiger partial charge in [0.1, 0.15) is 0 Å². The minimum Gasteiger partial charge on any atom is -0.314 e. The molecule has 0 radical (unpaired) electrons. The van der Waals surface area contributed by atoms with Crippen LogP contribution in [-0.2, 0) is 5.41 Å². The van der Waals surface area contributed by atoms with Gasteiger partial charge in [0.15, 0.2) is 0 Å². The van der Waals surface area contributed by atoms with Gasteiger partial charge in [-0.3, -0.25) is 4.98 Å². The Morgan fingerprint density at radius 3 is 1.89 bits per heavy atom. The minimum atomic E-state index is -0.416. The molecule has 7 aromatic carbocycles. The number of para-hydroxylation sites is 1. The SMILES string of the molecule is C1=CCCC(N(c2ccc(-c3ccc(-n4c5ccccc5c5ncccc54)cc3)cc2)c2ccc3c(c2)-c2ccccc2C3(c2ccccc2)c2ccccc2)=C1. The topological polar surface area (TPSA) is 21.1 Å². The predicted molar refractivity (Wildman–Crippen MR) is 236 cm³/mol. The molecule has 0 atom stereocenters. The fourth-order valence-corrected chi connectivity index (χ4v) is 9.50. The highest BCUT2D eigenvalue weighted by molar-refractivity contribution is 6.07. The van der Waals surface area contributed by atoms with Gasteiger partial charge < -0.3 is 9.47 Å². The molecule has 2 heterocycles. The van der Waals surface area contributed by atoms with Crippen LogP contribution in [0.15, 0.2) is 218 Å². The Morgan fingerprint density at radius 1 is 0.526 bits per heavy atom. The first-order valence-electron chi connectivity index (χ1n) is 19.9. The fourth-order valence-electron chi connectivity index (χ4n) is 9.50. The molecule has 0 fully saturated rings. The lowest BCUT2D eigenvalue weighted by Crippen LogP contribution is -2.28. The molecule has 0 aliphatic heterocycles. The summed E-state index contributed by atoms with van der Waals surface area (Å²) in [5.74, 6) is 0. The lowest BCUT2D eigenvalue weighted by Gasteiger charge is -2.34. The molecule has 57 heavy (non-hydrogen) atoms. The van der Waals surface area contributed by atoms with Crippen molar-refractivity contribution in [2.45, 2.75) is 18.3 Å². The summed E-state index contributed by atoms with van der Waals surface area (Å²) in [5, 5.41) is 1.17. The van der Waals surface area contributed by atoms with E-state index in [1.807, 2.05) is 12.3 Å². The number of benzene rings is 7. The summed E-state index contributed by atoms with van der Waals surface area (Å²) in [6.07, 6.45) is 10.6. The lowest BCUT2D eigenvalue weighted by atomic mass is 9.68. The number of rotatable bonds is 7. The number of nitrogens with zero attached hydrogens (tertiary/aromatic N) is 3. The monoisotopic (exact) mass is 729 g/mol. The van der Waals surface area contributed by atoms with Crippen LogP contribution in [0.5, 0.6) is 0 Å². The Kier molecular flexibility index (Phi) is 7.85. The third-order valence-electron chi connectivity index (χ3n) is 12.0. The van der Waals surface area contributed by atoms with Crippen molar-refractivity contribution in [1.29, 1.82) is 0 Å². The summed E-state index contributed by atoms with van der Waals surface area (Å²) < 4.78 is 2.31. The standard InChI is InChI=1S/C54H39N3/c1-4-15-40(16-5-1)54(41-17-6-2-7-18-41)49-23-12-10-21-46(49)48-37-45(34-35-50(48)54)56(42-19-8-3-9-20-42)43-30-26-38(27-31-43)39-28-32-44(33-29-39)57-51-24-13-11-22-47(51)53-52(57)25-14-36-55-53/h1-8,10-19,21-37H,9,20H2. The summed E-state index contributed by atoms with van der Waals surface area (Å²) in [6, 6.07) is 68.9. The second-order valence-electron chi connectivity index (χ2n) is 15.0. The van der Waals surface area contributed by atoms with E-state index in [1.165, 1.54) is 61.3 Å². The quantitative estimate of drug-likeness (QED) is 0.163. The molecule has 0 saturated carbocycles. The molecule has 0 unspecified atom stereocenters. The minimum absolute atomic E-state index is 0.416. The first-order chi connectivity index (χ1) is 28.3. The summed E-state index contributed by atoms with van der Waals surface area (Å²) in [7, 11) is 0. The second kappa shape index (κ2) is 13.5. The van der Waals surface area contributed by atoms with E-state index in [2.05, 4.69) is 210 Å². The van der Waals surface area contributed by atoms with Crippen molar-refractivity contribution < 1.29 is 0 Å². The smallest absolute Gasteiger partial charge is 0.0963 e. The van der Waals surface area contributed by atoms with Crippen LogP contribution in [0.1, 0.15) is 35.1 Å². The van der Waals surface area contributed by atoms with Gasteiger partial charge in [0.2, 0.25) is 0 Å². The summed E-state index contributed by atoms with van der Waals surface area (Å²) >= 11 is 0. The Hall–Kier alpha value is -7.23. The van der Waals surface area contributed by atoms with E-state index in [4.69, 9.17) is 4.98 Å². The van der Waals surface area contributed by atoms with Crippen molar-refractivity contribution in [3.05, 3.63) is 240 Å². The summed E-state index contributed by atoms with van der Waals surface area (Å²) in [6.45, 7) is 0. The van der Waals surface area contributed by atoms with Gasteiger partial charge in [-0.15, -0.1) is 0 Å². The number of fused-ring (bicyclic) bond motifs is 6. The molecule has 3 heteroatoms. The zero-order valence-corrected chi connectivity index (χ0v) is 31.5. The van der Waals surface area contributed by atoms with Gasteiger partial charge in [0.25, 0.3) is 0 Å². The molecular formula is C54H39N3. The Balaban J connectivity index is 0.993. The normalized spacial score (nSPS) is 14.0. The van der Waals surface area contributed by atoms with Crippen molar-refractivity contribution in [2.75, 3.05) is 4.90 Å². The maximum atomic E-state index is 4.72. The van der Waals surface area contributed by atoms with Crippen molar-refractivity contribution >= 4 is 33.3 Å².